The minimum Gasteiger partial charge on any atom is -0.334 e. The summed E-state index contributed by atoms with van der Waals surface area (Å²) >= 11 is 0. The Hall–Kier alpha value is -3.02. The van der Waals surface area contributed by atoms with Gasteiger partial charge in [-0.3, -0.25) is 9.78 Å². The number of nitrogens with zero attached hydrogens (tertiary/aromatic N) is 4. The molecule has 26 heavy (non-hydrogen) atoms. The number of carbonyl (C=O) groups excluding carboxylic acids is 1. The molecule has 1 atom stereocenters. The Morgan fingerprint density at radius 2 is 1.85 bits per heavy atom. The zero-order chi connectivity index (χ0) is 18.1. The van der Waals surface area contributed by atoms with Crippen LogP contribution in [0.15, 0.2) is 53.3 Å². The summed E-state index contributed by atoms with van der Waals surface area (Å²) in [5.41, 5.74) is 3.00. The Kier molecular flexibility index (Phi) is 4.24. The van der Waals surface area contributed by atoms with Crippen LogP contribution in [0, 0.1) is 0 Å². The zero-order valence-electron chi connectivity index (χ0n) is 14.8. The molecule has 3 heterocycles. The third-order valence-corrected chi connectivity index (χ3v) is 4.73. The van der Waals surface area contributed by atoms with Crippen molar-refractivity contribution in [2.45, 2.75) is 32.1 Å². The number of benzene rings is 1. The molecule has 6 nitrogen and oxygen atoms in total. The average molecular weight is 348 g/mol. The lowest BCUT2D eigenvalue weighted by atomic mass is 10.0. The van der Waals surface area contributed by atoms with E-state index in [2.05, 4.69) is 41.1 Å². The van der Waals surface area contributed by atoms with Crippen molar-refractivity contribution in [3.63, 3.8) is 0 Å². The molecule has 0 saturated carbocycles. The standard InChI is InChI=1S/C20H20N4O2/c1-13(2)14-3-5-17(6-4-14)24-12-16(11-18(24)25)19-22-20(26-23-19)15-7-9-21-10-8-15/h3-10,13,16H,11-12H2,1-2H3. The summed E-state index contributed by atoms with van der Waals surface area (Å²) in [7, 11) is 0. The Morgan fingerprint density at radius 3 is 2.54 bits per heavy atom. The molecule has 0 radical (unpaired) electrons. The van der Waals surface area contributed by atoms with Gasteiger partial charge in [-0.2, -0.15) is 4.98 Å². The first-order chi connectivity index (χ1) is 12.6. The first-order valence-electron chi connectivity index (χ1n) is 8.76. The fraction of sp³-hybridized carbons (Fsp3) is 0.300. The Labute approximate surface area is 151 Å². The van der Waals surface area contributed by atoms with Crippen molar-refractivity contribution in [2.24, 2.45) is 0 Å². The second kappa shape index (κ2) is 6.71. The fourth-order valence-electron chi connectivity index (χ4n) is 3.18. The van der Waals surface area contributed by atoms with Crippen LogP contribution in [0.5, 0.6) is 0 Å². The van der Waals surface area contributed by atoms with Crippen LogP contribution in [0.25, 0.3) is 11.5 Å². The Morgan fingerprint density at radius 1 is 1.12 bits per heavy atom. The van der Waals surface area contributed by atoms with Crippen molar-refractivity contribution in [3.8, 4) is 11.5 Å². The number of rotatable bonds is 4. The van der Waals surface area contributed by atoms with Gasteiger partial charge < -0.3 is 9.42 Å². The van der Waals surface area contributed by atoms with E-state index < -0.39 is 0 Å². The maximum absolute atomic E-state index is 12.5. The lowest BCUT2D eigenvalue weighted by Gasteiger charge is -2.17. The molecule has 2 aromatic heterocycles. The normalized spacial score (nSPS) is 17.3. The van der Waals surface area contributed by atoms with Gasteiger partial charge in [0, 0.05) is 42.5 Å². The van der Waals surface area contributed by atoms with Gasteiger partial charge >= 0.3 is 0 Å². The minimum absolute atomic E-state index is 0.0633. The number of anilines is 1. The van der Waals surface area contributed by atoms with E-state index in [9.17, 15) is 4.79 Å². The van der Waals surface area contributed by atoms with E-state index >= 15 is 0 Å². The number of hydrogen-bond donors (Lipinski definition) is 0. The molecular weight excluding hydrogens is 328 g/mol. The highest BCUT2D eigenvalue weighted by Crippen LogP contribution is 2.32. The maximum Gasteiger partial charge on any atom is 0.258 e. The first-order valence-corrected chi connectivity index (χ1v) is 8.76. The van der Waals surface area contributed by atoms with E-state index in [1.807, 2.05) is 24.3 Å². The van der Waals surface area contributed by atoms with Gasteiger partial charge in [0.05, 0.1) is 0 Å². The molecule has 1 aromatic carbocycles. The number of pyridine rings is 1. The molecule has 0 bridgehead atoms. The number of hydrogen-bond acceptors (Lipinski definition) is 5. The molecule has 1 unspecified atom stereocenters. The summed E-state index contributed by atoms with van der Waals surface area (Å²) in [6.07, 6.45) is 3.75. The van der Waals surface area contributed by atoms with Crippen LogP contribution in [-0.2, 0) is 4.79 Å². The van der Waals surface area contributed by atoms with Gasteiger partial charge in [-0.1, -0.05) is 31.1 Å². The molecule has 1 fully saturated rings. The zero-order valence-corrected chi connectivity index (χ0v) is 14.8. The van der Waals surface area contributed by atoms with Crippen LogP contribution >= 0.6 is 0 Å². The van der Waals surface area contributed by atoms with E-state index in [4.69, 9.17) is 4.52 Å². The Bertz CT molecular complexity index is 903. The molecule has 132 valence electrons. The molecule has 1 saturated heterocycles. The molecule has 0 spiro atoms. The van der Waals surface area contributed by atoms with Gasteiger partial charge in [0.1, 0.15) is 0 Å². The molecule has 4 rings (SSSR count). The van der Waals surface area contributed by atoms with Crippen LogP contribution in [0.4, 0.5) is 5.69 Å². The summed E-state index contributed by atoms with van der Waals surface area (Å²) < 4.78 is 5.36. The van der Waals surface area contributed by atoms with E-state index in [-0.39, 0.29) is 11.8 Å². The molecule has 1 aliphatic heterocycles. The van der Waals surface area contributed by atoms with Gasteiger partial charge in [-0.15, -0.1) is 0 Å². The van der Waals surface area contributed by atoms with Crippen molar-refractivity contribution in [3.05, 3.63) is 60.2 Å². The highest BCUT2D eigenvalue weighted by atomic mass is 16.5. The van der Waals surface area contributed by atoms with Crippen molar-refractivity contribution in [1.29, 1.82) is 0 Å². The van der Waals surface area contributed by atoms with Crippen molar-refractivity contribution < 1.29 is 9.32 Å². The Balaban J connectivity index is 1.52. The molecule has 0 aliphatic carbocycles. The van der Waals surface area contributed by atoms with Crippen LogP contribution in [0.3, 0.4) is 0 Å². The quantitative estimate of drug-likeness (QED) is 0.717. The fourth-order valence-corrected chi connectivity index (χ4v) is 3.18. The van der Waals surface area contributed by atoms with Gasteiger partial charge in [-0.05, 0) is 35.7 Å². The van der Waals surface area contributed by atoms with Crippen molar-refractivity contribution >= 4 is 11.6 Å². The summed E-state index contributed by atoms with van der Waals surface area (Å²) in [4.78, 5) is 22.8. The van der Waals surface area contributed by atoms with Crippen molar-refractivity contribution in [1.82, 2.24) is 15.1 Å². The molecule has 3 aromatic rings. The maximum atomic E-state index is 12.5. The van der Waals surface area contributed by atoms with Crippen molar-refractivity contribution in [2.75, 3.05) is 11.4 Å². The van der Waals surface area contributed by atoms with Gasteiger partial charge in [0.15, 0.2) is 5.82 Å². The summed E-state index contributed by atoms with van der Waals surface area (Å²) in [5.74, 6) is 1.52. The largest absolute Gasteiger partial charge is 0.334 e. The number of amides is 1. The van der Waals surface area contributed by atoms with Gasteiger partial charge in [0.2, 0.25) is 5.91 Å². The molecule has 1 aliphatic rings. The summed E-state index contributed by atoms with van der Waals surface area (Å²) in [6.45, 7) is 4.88. The van der Waals surface area contributed by atoms with E-state index in [1.54, 1.807) is 17.3 Å². The van der Waals surface area contributed by atoms with Crippen LogP contribution < -0.4 is 4.90 Å². The predicted molar refractivity (Wildman–Crippen MR) is 97.8 cm³/mol. The van der Waals surface area contributed by atoms with Crippen LogP contribution in [-0.4, -0.2) is 27.6 Å². The highest BCUT2D eigenvalue weighted by molar-refractivity contribution is 5.96. The molecule has 1 amide bonds. The number of aromatic nitrogens is 3. The molecule has 0 N–H and O–H groups in total. The third-order valence-electron chi connectivity index (χ3n) is 4.73. The SMILES string of the molecule is CC(C)c1ccc(N2CC(c3noc(-c4ccncc4)n3)CC2=O)cc1. The monoisotopic (exact) mass is 348 g/mol. The third kappa shape index (κ3) is 3.10. The summed E-state index contributed by atoms with van der Waals surface area (Å²) in [6, 6.07) is 11.8. The lowest BCUT2D eigenvalue weighted by Crippen LogP contribution is -2.24. The number of carbonyl (C=O) groups is 1. The average Bonchev–Trinajstić information content (AvgIpc) is 3.29. The highest BCUT2D eigenvalue weighted by Gasteiger charge is 2.34. The van der Waals surface area contributed by atoms with E-state index in [0.717, 1.165) is 11.3 Å². The van der Waals surface area contributed by atoms with Crippen LogP contribution in [0.2, 0.25) is 0 Å². The topological polar surface area (TPSA) is 72.1 Å². The first kappa shape index (κ1) is 16.4. The predicted octanol–water partition coefficient (Wildman–Crippen LogP) is 3.78. The minimum atomic E-state index is -0.0633. The van der Waals surface area contributed by atoms with Gasteiger partial charge in [0.25, 0.3) is 5.89 Å². The second-order valence-corrected chi connectivity index (χ2v) is 6.85. The smallest absolute Gasteiger partial charge is 0.258 e. The van der Waals surface area contributed by atoms with Crippen LogP contribution in [0.1, 0.15) is 43.5 Å². The molecule has 6 heteroatoms. The van der Waals surface area contributed by atoms with E-state index in [0.29, 0.717) is 30.6 Å². The molecular formula is C20H20N4O2. The lowest BCUT2D eigenvalue weighted by molar-refractivity contribution is -0.117. The summed E-state index contributed by atoms with van der Waals surface area (Å²) in [5, 5.41) is 4.09. The van der Waals surface area contributed by atoms with Gasteiger partial charge in [-0.25, -0.2) is 0 Å². The van der Waals surface area contributed by atoms with E-state index in [1.165, 1.54) is 5.56 Å². The second-order valence-electron chi connectivity index (χ2n) is 6.85.